The van der Waals surface area contributed by atoms with Gasteiger partial charge in [-0.25, -0.2) is 4.98 Å². The number of piperazine rings is 1. The Morgan fingerprint density at radius 3 is 2.46 bits per heavy atom. The van der Waals surface area contributed by atoms with Gasteiger partial charge in [-0.05, 0) is 35.6 Å². The standard InChI is InChI=1S/C20H23ClN4S/c1-12(2)14-4-6-15(7-5-14)16-13(3)26-19-17(16)18(23-20(21)24-19)25-10-8-22-9-11-25/h4-7,12,22H,8-11H2,1-3H3. The van der Waals surface area contributed by atoms with Crippen LogP contribution in [0.25, 0.3) is 21.3 Å². The topological polar surface area (TPSA) is 41.1 Å². The summed E-state index contributed by atoms with van der Waals surface area (Å²) in [7, 11) is 0. The van der Waals surface area contributed by atoms with Gasteiger partial charge in [-0.15, -0.1) is 11.3 Å². The highest BCUT2D eigenvalue weighted by Gasteiger charge is 2.22. The van der Waals surface area contributed by atoms with Crippen LogP contribution in [-0.2, 0) is 0 Å². The Kier molecular flexibility index (Phi) is 4.86. The molecule has 0 radical (unpaired) electrons. The number of nitrogens with zero attached hydrogens (tertiary/aromatic N) is 3. The van der Waals surface area contributed by atoms with Crippen LogP contribution in [0.3, 0.4) is 0 Å². The third-order valence-electron chi connectivity index (χ3n) is 4.96. The summed E-state index contributed by atoms with van der Waals surface area (Å²) in [6.45, 7) is 10.4. The maximum absolute atomic E-state index is 6.25. The van der Waals surface area contributed by atoms with E-state index < -0.39 is 0 Å². The van der Waals surface area contributed by atoms with Gasteiger partial charge < -0.3 is 10.2 Å². The van der Waals surface area contributed by atoms with Crippen molar-refractivity contribution in [2.45, 2.75) is 26.7 Å². The zero-order valence-corrected chi connectivity index (χ0v) is 16.9. The number of hydrogen-bond acceptors (Lipinski definition) is 5. The molecule has 4 rings (SSSR count). The van der Waals surface area contributed by atoms with Crippen molar-refractivity contribution >= 4 is 39.0 Å². The first-order chi connectivity index (χ1) is 12.5. The molecule has 0 saturated carbocycles. The van der Waals surface area contributed by atoms with E-state index in [1.807, 2.05) is 0 Å². The molecule has 4 nitrogen and oxygen atoms in total. The smallest absolute Gasteiger partial charge is 0.225 e. The number of aryl methyl sites for hydroxylation is 1. The molecule has 3 heterocycles. The number of fused-ring (bicyclic) bond motifs is 1. The highest BCUT2D eigenvalue weighted by atomic mass is 35.5. The van der Waals surface area contributed by atoms with Crippen LogP contribution in [0.4, 0.5) is 5.82 Å². The Morgan fingerprint density at radius 1 is 1.12 bits per heavy atom. The number of thiophene rings is 1. The second-order valence-electron chi connectivity index (χ2n) is 7.04. The van der Waals surface area contributed by atoms with Crippen molar-refractivity contribution in [1.29, 1.82) is 0 Å². The van der Waals surface area contributed by atoms with Crippen molar-refractivity contribution in [2.75, 3.05) is 31.1 Å². The van der Waals surface area contributed by atoms with Crippen LogP contribution in [0.1, 0.15) is 30.2 Å². The predicted octanol–water partition coefficient (Wildman–Crippen LogP) is 4.85. The monoisotopic (exact) mass is 386 g/mol. The van der Waals surface area contributed by atoms with Crippen molar-refractivity contribution in [3.8, 4) is 11.1 Å². The van der Waals surface area contributed by atoms with Crippen LogP contribution < -0.4 is 10.2 Å². The molecule has 0 bridgehead atoms. The first-order valence-electron chi connectivity index (χ1n) is 9.07. The van der Waals surface area contributed by atoms with Gasteiger partial charge in [0.25, 0.3) is 0 Å². The molecule has 2 aromatic heterocycles. The molecule has 136 valence electrons. The first-order valence-corrected chi connectivity index (χ1v) is 10.3. The molecule has 1 aliphatic heterocycles. The third-order valence-corrected chi connectivity index (χ3v) is 6.13. The van der Waals surface area contributed by atoms with Crippen molar-refractivity contribution in [3.63, 3.8) is 0 Å². The largest absolute Gasteiger partial charge is 0.353 e. The molecule has 0 unspecified atom stereocenters. The molecule has 1 N–H and O–H groups in total. The van der Waals surface area contributed by atoms with Gasteiger partial charge in [0.15, 0.2) is 0 Å². The Morgan fingerprint density at radius 2 is 1.81 bits per heavy atom. The lowest BCUT2D eigenvalue weighted by molar-refractivity contribution is 0.586. The van der Waals surface area contributed by atoms with E-state index in [4.69, 9.17) is 11.6 Å². The summed E-state index contributed by atoms with van der Waals surface area (Å²) in [5.74, 6) is 1.50. The molecule has 3 aromatic rings. The van der Waals surface area contributed by atoms with Crippen LogP contribution in [-0.4, -0.2) is 36.1 Å². The van der Waals surface area contributed by atoms with Crippen molar-refractivity contribution in [2.24, 2.45) is 0 Å². The number of benzene rings is 1. The fraction of sp³-hybridized carbons (Fsp3) is 0.400. The maximum Gasteiger partial charge on any atom is 0.225 e. The van der Waals surface area contributed by atoms with Gasteiger partial charge in [0, 0.05) is 36.6 Å². The molecule has 1 aromatic carbocycles. The molecule has 6 heteroatoms. The summed E-state index contributed by atoms with van der Waals surface area (Å²) in [4.78, 5) is 13.7. The maximum atomic E-state index is 6.25. The number of aromatic nitrogens is 2. The fourth-order valence-corrected chi connectivity index (χ4v) is 4.81. The number of anilines is 1. The lowest BCUT2D eigenvalue weighted by Gasteiger charge is -2.29. The molecular formula is C20H23ClN4S. The zero-order chi connectivity index (χ0) is 18.3. The molecule has 0 aliphatic carbocycles. The Bertz CT molecular complexity index is 927. The van der Waals surface area contributed by atoms with Gasteiger partial charge >= 0.3 is 0 Å². The van der Waals surface area contributed by atoms with E-state index in [2.05, 4.69) is 65.2 Å². The summed E-state index contributed by atoms with van der Waals surface area (Å²) in [5.41, 5.74) is 3.82. The van der Waals surface area contributed by atoms with Crippen molar-refractivity contribution in [1.82, 2.24) is 15.3 Å². The van der Waals surface area contributed by atoms with Crippen LogP contribution in [0.2, 0.25) is 5.28 Å². The second-order valence-corrected chi connectivity index (χ2v) is 8.58. The fourth-order valence-electron chi connectivity index (χ4n) is 3.56. The van der Waals surface area contributed by atoms with E-state index >= 15 is 0 Å². The summed E-state index contributed by atoms with van der Waals surface area (Å²) in [6, 6.07) is 8.90. The molecule has 0 amide bonds. The summed E-state index contributed by atoms with van der Waals surface area (Å²) < 4.78 is 0. The number of hydrogen-bond donors (Lipinski definition) is 1. The van der Waals surface area contributed by atoms with Gasteiger partial charge in [0.05, 0.1) is 5.39 Å². The molecule has 26 heavy (non-hydrogen) atoms. The van der Waals surface area contributed by atoms with Gasteiger partial charge in [-0.2, -0.15) is 4.98 Å². The lowest BCUT2D eigenvalue weighted by atomic mass is 9.97. The van der Waals surface area contributed by atoms with Crippen LogP contribution in [0, 0.1) is 6.92 Å². The van der Waals surface area contributed by atoms with Crippen LogP contribution in [0.5, 0.6) is 0 Å². The molecular weight excluding hydrogens is 364 g/mol. The van der Waals surface area contributed by atoms with E-state index in [-0.39, 0.29) is 0 Å². The first kappa shape index (κ1) is 17.7. The SMILES string of the molecule is Cc1sc2nc(Cl)nc(N3CCNCC3)c2c1-c1ccc(C(C)C)cc1. The summed E-state index contributed by atoms with van der Waals surface area (Å²) in [5, 5.41) is 4.86. The molecule has 0 atom stereocenters. The predicted molar refractivity (Wildman–Crippen MR) is 112 cm³/mol. The molecule has 1 saturated heterocycles. The van der Waals surface area contributed by atoms with Crippen LogP contribution in [0.15, 0.2) is 24.3 Å². The normalized spacial score (nSPS) is 15.2. The minimum Gasteiger partial charge on any atom is -0.353 e. The Balaban J connectivity index is 1.90. The van der Waals surface area contributed by atoms with Crippen molar-refractivity contribution in [3.05, 3.63) is 40.0 Å². The van der Waals surface area contributed by atoms with E-state index in [9.17, 15) is 0 Å². The Labute approximate surface area is 163 Å². The minimum atomic E-state index is 0.328. The summed E-state index contributed by atoms with van der Waals surface area (Å²) in [6.07, 6.45) is 0. The minimum absolute atomic E-state index is 0.328. The number of rotatable bonds is 3. The molecule has 1 aliphatic rings. The van der Waals surface area contributed by atoms with Crippen LogP contribution >= 0.6 is 22.9 Å². The van der Waals surface area contributed by atoms with E-state index in [1.165, 1.54) is 21.6 Å². The van der Waals surface area contributed by atoms with E-state index in [1.54, 1.807) is 11.3 Å². The Hall–Kier alpha value is -1.69. The number of nitrogens with one attached hydrogen (secondary N) is 1. The highest BCUT2D eigenvalue weighted by Crippen LogP contribution is 2.42. The van der Waals surface area contributed by atoms with Gasteiger partial charge in [0.1, 0.15) is 10.6 Å². The van der Waals surface area contributed by atoms with Gasteiger partial charge in [-0.1, -0.05) is 38.1 Å². The second kappa shape index (κ2) is 7.14. The average Bonchev–Trinajstić information content (AvgIpc) is 2.97. The molecule has 1 fully saturated rings. The van der Waals surface area contributed by atoms with E-state index in [0.717, 1.165) is 42.2 Å². The summed E-state index contributed by atoms with van der Waals surface area (Å²) >= 11 is 7.95. The highest BCUT2D eigenvalue weighted by molar-refractivity contribution is 7.19. The van der Waals surface area contributed by atoms with E-state index in [0.29, 0.717) is 11.2 Å². The zero-order valence-electron chi connectivity index (χ0n) is 15.3. The lowest BCUT2D eigenvalue weighted by Crippen LogP contribution is -2.44. The van der Waals surface area contributed by atoms with Gasteiger partial charge in [0.2, 0.25) is 5.28 Å². The molecule has 0 spiro atoms. The van der Waals surface area contributed by atoms with Gasteiger partial charge in [-0.3, -0.25) is 0 Å². The number of halogens is 1. The average molecular weight is 387 g/mol. The van der Waals surface area contributed by atoms with Crippen molar-refractivity contribution < 1.29 is 0 Å². The third kappa shape index (κ3) is 3.20. The quantitative estimate of drug-likeness (QED) is 0.653.